The number of ether oxygens (including phenoxy) is 4. The summed E-state index contributed by atoms with van der Waals surface area (Å²) in [5.74, 6) is 1.50. The minimum Gasteiger partial charge on any atom is -0.493 e. The van der Waals surface area contributed by atoms with Gasteiger partial charge in [0.2, 0.25) is 0 Å². The summed E-state index contributed by atoms with van der Waals surface area (Å²) in [4.78, 5) is 11.9. The first-order chi connectivity index (χ1) is 18.2. The number of methoxy groups -OCH3 is 2. The number of unbranched alkanes of at least 4 members (excludes halogenated alkanes) is 5. The maximum absolute atomic E-state index is 11.9. The van der Waals surface area contributed by atoms with E-state index in [1.54, 1.807) is 26.4 Å². The standard InChI is InChI=1S/C28H37Cl3O6Si/c1-4-36-27-18-21(12-15-25(27)37-20-22-13-14-24(34-2)26(19-22)35-3)17-23(28(32)33)11-9-7-5-6-8-10-16-38(29,30)31/h12-15,17-19H,4-11,16,20H2,1-3H3,(H,32,33)/b23-17+. The summed E-state index contributed by atoms with van der Waals surface area (Å²) < 4.78 is 22.4. The first-order valence-corrected chi connectivity index (χ1v) is 18.0. The number of aliphatic carboxylic acids is 1. The van der Waals surface area contributed by atoms with Gasteiger partial charge in [0.1, 0.15) is 6.61 Å². The smallest absolute Gasteiger partial charge is 0.341 e. The van der Waals surface area contributed by atoms with Crippen LogP contribution in [0.5, 0.6) is 23.0 Å². The van der Waals surface area contributed by atoms with Crippen LogP contribution in [-0.2, 0) is 11.4 Å². The highest BCUT2D eigenvalue weighted by molar-refractivity contribution is 7.64. The predicted molar refractivity (Wildman–Crippen MR) is 158 cm³/mol. The lowest BCUT2D eigenvalue weighted by atomic mass is 10.0. The van der Waals surface area contributed by atoms with Crippen LogP contribution < -0.4 is 18.9 Å². The Hall–Kier alpha value is -2.06. The van der Waals surface area contributed by atoms with Crippen LogP contribution in [0.25, 0.3) is 6.08 Å². The van der Waals surface area contributed by atoms with Crippen molar-refractivity contribution in [2.24, 2.45) is 0 Å². The van der Waals surface area contributed by atoms with E-state index < -0.39 is 12.0 Å². The van der Waals surface area contributed by atoms with E-state index in [-0.39, 0.29) is 0 Å². The number of hydrogen-bond donors (Lipinski definition) is 1. The van der Waals surface area contributed by atoms with E-state index in [0.717, 1.165) is 49.7 Å². The Morgan fingerprint density at radius 2 is 1.50 bits per heavy atom. The second kappa shape index (κ2) is 16.8. The maximum Gasteiger partial charge on any atom is 0.341 e. The fraction of sp³-hybridized carbons (Fsp3) is 0.464. The number of carboxylic acid groups (broad SMARTS) is 1. The summed E-state index contributed by atoms with van der Waals surface area (Å²) in [7, 11) is 3.18. The van der Waals surface area contributed by atoms with Gasteiger partial charge in [-0.3, -0.25) is 0 Å². The van der Waals surface area contributed by atoms with Gasteiger partial charge in [0.05, 0.1) is 20.8 Å². The van der Waals surface area contributed by atoms with Crippen LogP contribution in [0.2, 0.25) is 6.04 Å². The quantitative estimate of drug-likeness (QED) is 0.0796. The van der Waals surface area contributed by atoms with Gasteiger partial charge >= 0.3 is 12.0 Å². The van der Waals surface area contributed by atoms with Crippen molar-refractivity contribution in [3.05, 3.63) is 53.1 Å². The van der Waals surface area contributed by atoms with Crippen LogP contribution in [0.3, 0.4) is 0 Å². The average molecular weight is 604 g/mol. The van der Waals surface area contributed by atoms with Crippen molar-refractivity contribution in [2.45, 2.75) is 64.5 Å². The molecule has 0 spiro atoms. The molecule has 0 heterocycles. The van der Waals surface area contributed by atoms with Crippen molar-refractivity contribution in [1.29, 1.82) is 0 Å². The molecule has 6 nitrogen and oxygen atoms in total. The molecule has 2 rings (SSSR count). The van der Waals surface area contributed by atoms with Gasteiger partial charge in [0, 0.05) is 5.57 Å². The molecule has 0 radical (unpaired) electrons. The lowest BCUT2D eigenvalue weighted by molar-refractivity contribution is -0.132. The van der Waals surface area contributed by atoms with Crippen molar-refractivity contribution >= 4 is 51.3 Å². The lowest BCUT2D eigenvalue weighted by Crippen LogP contribution is -2.07. The molecule has 2 aromatic rings. The molecule has 0 saturated carbocycles. The van der Waals surface area contributed by atoms with E-state index in [0.29, 0.717) is 54.2 Å². The van der Waals surface area contributed by atoms with Crippen molar-refractivity contribution in [1.82, 2.24) is 0 Å². The summed E-state index contributed by atoms with van der Waals surface area (Å²) in [6.07, 6.45) is 8.03. The molecule has 0 atom stereocenters. The highest BCUT2D eigenvalue weighted by Gasteiger charge is 2.23. The van der Waals surface area contributed by atoms with Gasteiger partial charge < -0.3 is 24.1 Å². The van der Waals surface area contributed by atoms with E-state index in [1.165, 1.54) is 0 Å². The zero-order valence-corrected chi connectivity index (χ0v) is 25.5. The van der Waals surface area contributed by atoms with Crippen LogP contribution in [0.4, 0.5) is 0 Å². The molecular weight excluding hydrogens is 567 g/mol. The fourth-order valence-electron chi connectivity index (χ4n) is 3.92. The van der Waals surface area contributed by atoms with Gasteiger partial charge in [-0.15, -0.1) is 33.2 Å². The minimum absolute atomic E-state index is 0.308. The van der Waals surface area contributed by atoms with E-state index in [4.69, 9.17) is 52.2 Å². The molecule has 0 saturated heterocycles. The molecule has 2 aromatic carbocycles. The average Bonchev–Trinajstić information content (AvgIpc) is 2.88. The minimum atomic E-state index is -2.52. The fourth-order valence-corrected chi connectivity index (χ4v) is 5.78. The molecule has 0 aliphatic carbocycles. The molecule has 0 aromatic heterocycles. The summed E-state index contributed by atoms with van der Waals surface area (Å²) >= 11 is 17.7. The molecular formula is C28H37Cl3O6Si. The molecule has 0 aliphatic rings. The van der Waals surface area contributed by atoms with Crippen LogP contribution in [0, 0.1) is 0 Å². The third-order valence-corrected chi connectivity index (χ3v) is 8.50. The normalized spacial score (nSPS) is 11.8. The Balaban J connectivity index is 1.97. The summed E-state index contributed by atoms with van der Waals surface area (Å²) in [6, 6.07) is 9.22. The third-order valence-electron chi connectivity index (χ3n) is 5.88. The van der Waals surface area contributed by atoms with Crippen LogP contribution >= 0.6 is 33.2 Å². The number of carbonyl (C=O) groups is 1. The Morgan fingerprint density at radius 3 is 2.13 bits per heavy atom. The van der Waals surface area contributed by atoms with E-state index in [2.05, 4.69) is 0 Å². The Kier molecular flexibility index (Phi) is 14.2. The zero-order chi connectivity index (χ0) is 28.0. The number of halogens is 3. The van der Waals surface area contributed by atoms with Crippen molar-refractivity contribution in [2.75, 3.05) is 20.8 Å². The van der Waals surface area contributed by atoms with Crippen molar-refractivity contribution < 1.29 is 28.8 Å². The van der Waals surface area contributed by atoms with E-state index in [1.807, 2.05) is 37.3 Å². The Morgan fingerprint density at radius 1 is 0.842 bits per heavy atom. The van der Waals surface area contributed by atoms with Crippen LogP contribution in [-0.4, -0.2) is 37.9 Å². The molecule has 0 bridgehead atoms. The first-order valence-electron chi connectivity index (χ1n) is 12.8. The second-order valence-electron chi connectivity index (χ2n) is 8.83. The van der Waals surface area contributed by atoms with Crippen molar-refractivity contribution in [3.63, 3.8) is 0 Å². The second-order valence-corrected chi connectivity index (χ2v) is 18.1. The van der Waals surface area contributed by atoms with E-state index >= 15 is 0 Å². The molecule has 0 fully saturated rings. The SMILES string of the molecule is CCOc1cc(/C=C(\CCCCCCCC[Si](Cl)(Cl)Cl)C(=O)O)ccc1OCc1ccc(OC)c(OC)c1. The van der Waals surface area contributed by atoms with Crippen LogP contribution in [0.15, 0.2) is 42.0 Å². The predicted octanol–water partition coefficient (Wildman–Crippen LogP) is 8.54. The molecule has 210 valence electrons. The molecule has 0 aliphatic heterocycles. The van der Waals surface area contributed by atoms with Gasteiger partial charge in [-0.05, 0) is 67.3 Å². The van der Waals surface area contributed by atoms with Gasteiger partial charge in [-0.1, -0.05) is 44.2 Å². The number of rotatable bonds is 18. The van der Waals surface area contributed by atoms with Crippen LogP contribution in [0.1, 0.15) is 63.0 Å². The number of hydrogen-bond acceptors (Lipinski definition) is 5. The molecule has 10 heteroatoms. The van der Waals surface area contributed by atoms with Gasteiger partial charge in [-0.25, -0.2) is 4.79 Å². The lowest BCUT2D eigenvalue weighted by Gasteiger charge is -2.14. The zero-order valence-electron chi connectivity index (χ0n) is 22.2. The molecule has 38 heavy (non-hydrogen) atoms. The monoisotopic (exact) mass is 602 g/mol. The summed E-state index contributed by atoms with van der Waals surface area (Å²) in [5, 5.41) is 9.72. The largest absolute Gasteiger partial charge is 0.493 e. The Labute approximate surface area is 240 Å². The third kappa shape index (κ3) is 11.8. The van der Waals surface area contributed by atoms with E-state index in [9.17, 15) is 9.90 Å². The highest BCUT2D eigenvalue weighted by atomic mass is 35.8. The topological polar surface area (TPSA) is 74.2 Å². The summed E-state index contributed by atoms with van der Waals surface area (Å²) in [6.45, 7) is 2.65. The molecule has 0 unspecified atom stereocenters. The number of carboxylic acids is 1. The van der Waals surface area contributed by atoms with Gasteiger partial charge in [-0.2, -0.15) is 0 Å². The molecule has 0 amide bonds. The maximum atomic E-state index is 11.9. The van der Waals surface area contributed by atoms with Crippen molar-refractivity contribution in [3.8, 4) is 23.0 Å². The highest BCUT2D eigenvalue weighted by Crippen LogP contribution is 2.32. The summed E-state index contributed by atoms with van der Waals surface area (Å²) in [5.41, 5.74) is 2.03. The molecule has 1 N–H and O–H groups in total. The first kappa shape index (κ1) is 32.2. The van der Waals surface area contributed by atoms with Gasteiger partial charge in [0.25, 0.3) is 0 Å². The number of benzene rings is 2. The van der Waals surface area contributed by atoms with Gasteiger partial charge in [0.15, 0.2) is 23.0 Å². The Bertz CT molecular complexity index is 1060.